The predicted molar refractivity (Wildman–Crippen MR) is 81.5 cm³/mol. The smallest absolute Gasteiger partial charge is 0.244 e. The van der Waals surface area contributed by atoms with Crippen LogP contribution in [0.5, 0.6) is 0 Å². The van der Waals surface area contributed by atoms with Crippen molar-refractivity contribution in [2.45, 2.75) is 12.5 Å². The van der Waals surface area contributed by atoms with Gasteiger partial charge in [0.2, 0.25) is 5.91 Å². The monoisotopic (exact) mass is 303 g/mol. The van der Waals surface area contributed by atoms with Gasteiger partial charge in [0.15, 0.2) is 0 Å². The average Bonchev–Trinajstić information content (AvgIpc) is 3.04. The highest BCUT2D eigenvalue weighted by atomic mass is 19.1. The van der Waals surface area contributed by atoms with Crippen molar-refractivity contribution in [3.05, 3.63) is 65.9 Å². The highest BCUT2D eigenvalue weighted by Crippen LogP contribution is 2.26. The van der Waals surface area contributed by atoms with Gasteiger partial charge in [-0.15, -0.1) is 0 Å². The number of carbonyl (C=O) groups excluding carboxylic acids is 1. The Bertz CT molecular complexity index is 652. The molecule has 0 aliphatic carbocycles. The topological polar surface area (TPSA) is 51.5 Å². The highest BCUT2D eigenvalue weighted by Gasteiger charge is 2.29. The van der Waals surface area contributed by atoms with Crippen LogP contribution in [0.25, 0.3) is 6.08 Å². The molecule has 116 valence electrons. The molecule has 0 spiro atoms. The number of carbonyl (C=O) groups is 1. The number of rotatable bonds is 6. The van der Waals surface area contributed by atoms with Gasteiger partial charge in [0.1, 0.15) is 17.2 Å². The quantitative estimate of drug-likeness (QED) is 0.834. The number of hydrogen-bond acceptors (Lipinski definition) is 3. The van der Waals surface area contributed by atoms with Crippen molar-refractivity contribution < 1.29 is 18.3 Å². The molecule has 0 aliphatic rings. The summed E-state index contributed by atoms with van der Waals surface area (Å²) >= 11 is 0. The molecule has 1 unspecified atom stereocenters. The molecule has 1 atom stereocenters. The Balaban J connectivity index is 2.01. The minimum absolute atomic E-state index is 0.145. The molecule has 22 heavy (non-hydrogen) atoms. The molecular weight excluding hydrogens is 285 g/mol. The second kappa shape index (κ2) is 7.04. The lowest BCUT2D eigenvalue weighted by Crippen LogP contribution is -2.40. The van der Waals surface area contributed by atoms with Gasteiger partial charge >= 0.3 is 0 Å². The standard InChI is InChI=1S/C17H18FNO3/c1-17(21-2,14-7-3-4-8-15(14)18)12-19-16(20)10-9-13-6-5-11-22-13/h3-11H,12H2,1-2H3,(H,19,20). The first-order valence-corrected chi connectivity index (χ1v) is 6.85. The Hall–Kier alpha value is -2.40. The summed E-state index contributed by atoms with van der Waals surface area (Å²) in [5, 5.41) is 2.70. The van der Waals surface area contributed by atoms with Crippen LogP contribution in [-0.4, -0.2) is 19.6 Å². The number of hydrogen-bond donors (Lipinski definition) is 1. The summed E-state index contributed by atoms with van der Waals surface area (Å²) in [6.07, 6.45) is 4.44. The maximum atomic E-state index is 13.9. The zero-order valence-electron chi connectivity index (χ0n) is 12.5. The van der Waals surface area contributed by atoms with Crippen molar-refractivity contribution in [1.82, 2.24) is 5.32 Å². The molecule has 0 radical (unpaired) electrons. The molecular formula is C17H18FNO3. The van der Waals surface area contributed by atoms with E-state index in [-0.39, 0.29) is 18.3 Å². The molecule has 0 saturated carbocycles. The summed E-state index contributed by atoms with van der Waals surface area (Å²) in [5.74, 6) is -0.0954. The Morgan fingerprint density at radius 3 is 2.77 bits per heavy atom. The molecule has 0 saturated heterocycles. The maximum absolute atomic E-state index is 13.9. The van der Waals surface area contributed by atoms with Crippen LogP contribution in [0.15, 0.2) is 53.2 Å². The third-order valence-electron chi connectivity index (χ3n) is 3.44. The average molecular weight is 303 g/mol. The molecule has 0 fully saturated rings. The van der Waals surface area contributed by atoms with Gasteiger partial charge in [-0.3, -0.25) is 4.79 Å². The number of methoxy groups -OCH3 is 1. The lowest BCUT2D eigenvalue weighted by atomic mass is 9.95. The first-order chi connectivity index (χ1) is 10.5. The summed E-state index contributed by atoms with van der Waals surface area (Å²) in [6, 6.07) is 9.82. The number of nitrogens with one attached hydrogen (secondary N) is 1. The van der Waals surface area contributed by atoms with E-state index in [0.29, 0.717) is 11.3 Å². The largest absolute Gasteiger partial charge is 0.465 e. The second-order valence-corrected chi connectivity index (χ2v) is 4.98. The van der Waals surface area contributed by atoms with Crippen molar-refractivity contribution in [2.24, 2.45) is 0 Å². The number of furan rings is 1. The molecule has 0 aliphatic heterocycles. The number of ether oxygens (including phenoxy) is 1. The Morgan fingerprint density at radius 2 is 2.14 bits per heavy atom. The number of halogens is 1. The van der Waals surface area contributed by atoms with Crippen LogP contribution in [0.4, 0.5) is 4.39 Å². The van der Waals surface area contributed by atoms with Crippen LogP contribution in [0.1, 0.15) is 18.2 Å². The predicted octanol–water partition coefficient (Wildman–Crippen LogP) is 3.11. The lowest BCUT2D eigenvalue weighted by molar-refractivity contribution is -0.118. The van der Waals surface area contributed by atoms with Crippen LogP contribution in [-0.2, 0) is 15.1 Å². The van der Waals surface area contributed by atoms with Gasteiger partial charge in [0.25, 0.3) is 0 Å². The normalized spacial score (nSPS) is 14.0. The molecule has 1 N–H and O–H groups in total. The van der Waals surface area contributed by atoms with Gasteiger partial charge in [-0.05, 0) is 31.2 Å². The Labute approximate surface area is 128 Å². The fourth-order valence-electron chi connectivity index (χ4n) is 2.03. The van der Waals surface area contributed by atoms with Crippen molar-refractivity contribution in [3.63, 3.8) is 0 Å². The molecule has 4 nitrogen and oxygen atoms in total. The zero-order valence-corrected chi connectivity index (χ0v) is 12.5. The minimum Gasteiger partial charge on any atom is -0.465 e. The first kappa shape index (κ1) is 16.0. The molecule has 2 aromatic rings. The first-order valence-electron chi connectivity index (χ1n) is 6.85. The fraction of sp³-hybridized carbons (Fsp3) is 0.235. The van der Waals surface area contributed by atoms with Gasteiger partial charge in [-0.1, -0.05) is 18.2 Å². The summed E-state index contributed by atoms with van der Waals surface area (Å²) < 4.78 is 24.4. The molecule has 1 heterocycles. The van der Waals surface area contributed by atoms with Crippen LogP contribution in [0.2, 0.25) is 0 Å². The highest BCUT2D eigenvalue weighted by molar-refractivity contribution is 5.91. The van der Waals surface area contributed by atoms with E-state index in [1.807, 2.05) is 0 Å². The molecule has 1 amide bonds. The molecule has 0 bridgehead atoms. The van der Waals surface area contributed by atoms with E-state index in [2.05, 4.69) is 5.32 Å². The summed E-state index contributed by atoms with van der Waals surface area (Å²) in [7, 11) is 1.48. The van der Waals surface area contributed by atoms with Gasteiger partial charge in [0, 0.05) is 18.7 Å². The van der Waals surface area contributed by atoms with Crippen LogP contribution < -0.4 is 5.32 Å². The maximum Gasteiger partial charge on any atom is 0.244 e. The fourth-order valence-corrected chi connectivity index (χ4v) is 2.03. The van der Waals surface area contributed by atoms with Gasteiger partial charge < -0.3 is 14.5 Å². The summed E-state index contributed by atoms with van der Waals surface area (Å²) in [5.41, 5.74) is -0.549. The van der Waals surface area contributed by atoms with E-state index in [1.54, 1.807) is 43.3 Å². The van der Waals surface area contributed by atoms with E-state index < -0.39 is 5.60 Å². The SMILES string of the molecule is COC(C)(CNC(=O)C=Cc1ccco1)c1ccccc1F. The molecule has 1 aromatic carbocycles. The van der Waals surface area contributed by atoms with E-state index in [0.717, 1.165) is 0 Å². The van der Waals surface area contributed by atoms with Crippen molar-refractivity contribution >= 4 is 12.0 Å². The van der Waals surface area contributed by atoms with Crippen molar-refractivity contribution in [2.75, 3.05) is 13.7 Å². The van der Waals surface area contributed by atoms with Crippen LogP contribution >= 0.6 is 0 Å². The third kappa shape index (κ3) is 3.83. The third-order valence-corrected chi connectivity index (χ3v) is 3.44. The molecule has 1 aromatic heterocycles. The summed E-state index contributed by atoms with van der Waals surface area (Å²) in [6.45, 7) is 1.87. The number of amides is 1. The van der Waals surface area contributed by atoms with Crippen molar-refractivity contribution in [1.29, 1.82) is 0 Å². The summed E-state index contributed by atoms with van der Waals surface area (Å²) in [4.78, 5) is 11.8. The Kier molecular flexibility index (Phi) is 5.12. The molecule has 2 rings (SSSR count). The minimum atomic E-state index is -0.945. The van der Waals surface area contributed by atoms with Gasteiger partial charge in [-0.25, -0.2) is 4.39 Å². The molecule has 5 heteroatoms. The number of benzene rings is 1. The van der Waals surface area contributed by atoms with Crippen molar-refractivity contribution in [3.8, 4) is 0 Å². The Morgan fingerprint density at radius 1 is 1.36 bits per heavy atom. The van der Waals surface area contributed by atoms with Crippen LogP contribution in [0.3, 0.4) is 0 Å². The van der Waals surface area contributed by atoms with E-state index in [1.165, 1.54) is 25.5 Å². The van der Waals surface area contributed by atoms with Crippen LogP contribution in [0, 0.1) is 5.82 Å². The van der Waals surface area contributed by atoms with E-state index in [9.17, 15) is 9.18 Å². The van der Waals surface area contributed by atoms with E-state index in [4.69, 9.17) is 9.15 Å². The second-order valence-electron chi connectivity index (χ2n) is 4.98. The van der Waals surface area contributed by atoms with Gasteiger partial charge in [0.05, 0.1) is 12.8 Å². The zero-order chi connectivity index (χ0) is 16.0. The lowest BCUT2D eigenvalue weighted by Gasteiger charge is -2.29. The van der Waals surface area contributed by atoms with Gasteiger partial charge in [-0.2, -0.15) is 0 Å². The van der Waals surface area contributed by atoms with E-state index >= 15 is 0 Å².